The molecule has 0 aliphatic carbocycles. The molecule has 1 aliphatic rings. The molecule has 0 saturated carbocycles. The lowest BCUT2D eigenvalue weighted by molar-refractivity contribution is 0.177. The molecule has 0 aromatic carbocycles. The Labute approximate surface area is 152 Å². The summed E-state index contributed by atoms with van der Waals surface area (Å²) in [6.07, 6.45) is 6.65. The minimum absolute atomic E-state index is 0.0497. The smallest absolute Gasteiger partial charge is 0.321 e. The highest BCUT2D eigenvalue weighted by atomic mass is 32.1. The topological polar surface area (TPSA) is 72.3 Å². The van der Waals surface area contributed by atoms with Gasteiger partial charge in [-0.3, -0.25) is 4.68 Å². The number of thiazole rings is 1. The molecule has 136 valence electrons. The third-order valence-electron chi connectivity index (χ3n) is 4.35. The van der Waals surface area contributed by atoms with E-state index in [0.29, 0.717) is 19.1 Å². The molecule has 1 saturated heterocycles. The van der Waals surface area contributed by atoms with Gasteiger partial charge in [0.2, 0.25) is 0 Å². The lowest BCUT2D eigenvalue weighted by atomic mass is 9.95. The van der Waals surface area contributed by atoms with Crippen molar-refractivity contribution in [2.75, 3.05) is 32.1 Å². The largest absolute Gasteiger partial charge is 0.383 e. The van der Waals surface area contributed by atoms with Gasteiger partial charge in [0.15, 0.2) is 0 Å². The Morgan fingerprint density at radius 1 is 1.52 bits per heavy atom. The molecule has 3 rings (SSSR count). The summed E-state index contributed by atoms with van der Waals surface area (Å²) < 4.78 is 6.80. The monoisotopic (exact) mass is 363 g/mol. The second-order valence-electron chi connectivity index (χ2n) is 6.46. The van der Waals surface area contributed by atoms with Gasteiger partial charge in [0.1, 0.15) is 0 Å². The summed E-state index contributed by atoms with van der Waals surface area (Å²) in [5.41, 5.74) is 1.80. The van der Waals surface area contributed by atoms with E-state index in [9.17, 15) is 4.79 Å². The van der Waals surface area contributed by atoms with E-state index in [1.807, 2.05) is 18.0 Å². The Bertz CT molecular complexity index is 699. The molecule has 2 amide bonds. The van der Waals surface area contributed by atoms with Gasteiger partial charge < -0.3 is 15.0 Å². The number of anilines is 1. The number of aromatic nitrogens is 3. The Hall–Kier alpha value is -1.93. The zero-order valence-electron chi connectivity index (χ0n) is 14.8. The van der Waals surface area contributed by atoms with E-state index < -0.39 is 0 Å². The van der Waals surface area contributed by atoms with Crippen LogP contribution in [0.5, 0.6) is 0 Å². The number of hydrogen-bond donors (Lipinski definition) is 1. The number of likely N-dealkylation sites (tertiary alicyclic amines) is 1. The molecule has 1 aliphatic heterocycles. The van der Waals surface area contributed by atoms with Crippen molar-refractivity contribution in [3.63, 3.8) is 0 Å². The number of aryl methyl sites for hydroxylation is 1. The highest BCUT2D eigenvalue weighted by molar-refractivity contribution is 7.09. The molecule has 0 bridgehead atoms. The van der Waals surface area contributed by atoms with Crippen LogP contribution in [0.3, 0.4) is 0 Å². The lowest BCUT2D eigenvalue weighted by Crippen LogP contribution is -2.42. The van der Waals surface area contributed by atoms with Crippen LogP contribution in [-0.4, -0.2) is 52.5 Å². The summed E-state index contributed by atoms with van der Waals surface area (Å²) in [5.74, 6) is 0.481. The maximum atomic E-state index is 12.5. The molecule has 2 aromatic rings. The van der Waals surface area contributed by atoms with E-state index in [4.69, 9.17) is 4.74 Å². The average Bonchev–Trinajstić information content (AvgIpc) is 3.22. The summed E-state index contributed by atoms with van der Waals surface area (Å²) in [7, 11) is 1.66. The van der Waals surface area contributed by atoms with Crippen molar-refractivity contribution >= 4 is 23.1 Å². The average molecular weight is 363 g/mol. The van der Waals surface area contributed by atoms with Crippen LogP contribution in [0.1, 0.15) is 23.5 Å². The van der Waals surface area contributed by atoms with Crippen LogP contribution in [0.25, 0.3) is 0 Å². The Morgan fingerprint density at radius 2 is 2.40 bits per heavy atom. The fraction of sp³-hybridized carbons (Fsp3) is 0.588. The molecule has 0 radical (unpaired) electrons. The van der Waals surface area contributed by atoms with Crippen LogP contribution in [0.15, 0.2) is 17.8 Å². The number of hydrogen-bond acceptors (Lipinski definition) is 5. The first-order valence-electron chi connectivity index (χ1n) is 8.62. The second-order valence-corrected chi connectivity index (χ2v) is 7.40. The number of piperidine rings is 1. The number of rotatable bonds is 6. The van der Waals surface area contributed by atoms with Gasteiger partial charge in [-0.1, -0.05) is 0 Å². The third kappa shape index (κ3) is 5.02. The summed E-state index contributed by atoms with van der Waals surface area (Å²) in [5, 5.41) is 10.4. The Kier molecular flexibility index (Phi) is 6.04. The zero-order valence-corrected chi connectivity index (χ0v) is 15.6. The number of carbonyl (C=O) groups excluding carboxylic acids is 1. The quantitative estimate of drug-likeness (QED) is 0.857. The van der Waals surface area contributed by atoms with Crippen LogP contribution < -0.4 is 5.32 Å². The van der Waals surface area contributed by atoms with Crippen LogP contribution in [0, 0.1) is 12.8 Å². The molecule has 8 heteroatoms. The van der Waals surface area contributed by atoms with Crippen molar-refractivity contribution in [1.82, 2.24) is 19.7 Å². The SMILES string of the molecule is COCCn1cc(NC(=O)N2CCCC(Cc3nc(C)cs3)C2)cn1. The molecule has 1 unspecified atom stereocenters. The van der Waals surface area contributed by atoms with E-state index in [-0.39, 0.29) is 6.03 Å². The maximum absolute atomic E-state index is 12.5. The second kappa shape index (κ2) is 8.44. The van der Waals surface area contributed by atoms with Gasteiger partial charge >= 0.3 is 6.03 Å². The van der Waals surface area contributed by atoms with Crippen molar-refractivity contribution in [3.8, 4) is 0 Å². The van der Waals surface area contributed by atoms with Gasteiger partial charge in [0, 0.05) is 43.9 Å². The van der Waals surface area contributed by atoms with Crippen molar-refractivity contribution in [2.45, 2.75) is 32.7 Å². The van der Waals surface area contributed by atoms with Gasteiger partial charge in [-0.2, -0.15) is 5.10 Å². The number of ether oxygens (including phenoxy) is 1. The number of urea groups is 1. The number of nitrogens with zero attached hydrogens (tertiary/aromatic N) is 4. The van der Waals surface area contributed by atoms with Crippen LogP contribution in [-0.2, 0) is 17.7 Å². The highest BCUT2D eigenvalue weighted by Gasteiger charge is 2.24. The molecule has 25 heavy (non-hydrogen) atoms. The zero-order chi connectivity index (χ0) is 17.6. The van der Waals surface area contributed by atoms with Crippen LogP contribution in [0.4, 0.5) is 10.5 Å². The fourth-order valence-corrected chi connectivity index (χ4v) is 3.99. The predicted molar refractivity (Wildman–Crippen MR) is 98.0 cm³/mol. The summed E-state index contributed by atoms with van der Waals surface area (Å²) in [6, 6.07) is -0.0497. The summed E-state index contributed by atoms with van der Waals surface area (Å²) in [6.45, 7) is 4.87. The normalized spacial score (nSPS) is 17.7. The van der Waals surface area contributed by atoms with Crippen molar-refractivity contribution in [1.29, 1.82) is 0 Å². The predicted octanol–water partition coefficient (Wildman–Crippen LogP) is 2.78. The highest BCUT2D eigenvalue weighted by Crippen LogP contribution is 2.23. The van der Waals surface area contributed by atoms with Crippen molar-refractivity contribution in [2.24, 2.45) is 5.92 Å². The van der Waals surface area contributed by atoms with E-state index >= 15 is 0 Å². The number of nitrogens with one attached hydrogen (secondary N) is 1. The van der Waals surface area contributed by atoms with Gasteiger partial charge in [0.05, 0.1) is 30.0 Å². The number of methoxy groups -OCH3 is 1. The number of amides is 2. The van der Waals surface area contributed by atoms with E-state index in [2.05, 4.69) is 20.8 Å². The standard InChI is InChI=1S/C17H25N5O2S/c1-13-12-25-16(19-13)8-14-4-3-5-21(10-14)17(23)20-15-9-18-22(11-15)6-7-24-2/h9,11-12,14H,3-8,10H2,1-2H3,(H,20,23). The van der Waals surface area contributed by atoms with E-state index in [1.165, 1.54) is 5.01 Å². The molecule has 1 atom stereocenters. The minimum atomic E-state index is -0.0497. The van der Waals surface area contributed by atoms with Gasteiger partial charge in [-0.05, 0) is 25.7 Å². The lowest BCUT2D eigenvalue weighted by Gasteiger charge is -2.32. The fourth-order valence-electron chi connectivity index (χ4n) is 3.10. The molecule has 7 nitrogen and oxygen atoms in total. The van der Waals surface area contributed by atoms with Gasteiger partial charge in [-0.25, -0.2) is 9.78 Å². The molecule has 1 fully saturated rings. The van der Waals surface area contributed by atoms with E-state index in [0.717, 1.165) is 43.7 Å². The van der Waals surface area contributed by atoms with Crippen molar-refractivity contribution < 1.29 is 9.53 Å². The Balaban J connectivity index is 1.52. The first-order chi connectivity index (χ1) is 12.1. The van der Waals surface area contributed by atoms with Gasteiger partial charge in [-0.15, -0.1) is 11.3 Å². The summed E-state index contributed by atoms with van der Waals surface area (Å²) in [4.78, 5) is 19.0. The third-order valence-corrected chi connectivity index (χ3v) is 5.33. The molecule has 0 spiro atoms. The van der Waals surface area contributed by atoms with Crippen molar-refractivity contribution in [3.05, 3.63) is 28.5 Å². The van der Waals surface area contributed by atoms with E-state index in [1.54, 1.807) is 29.3 Å². The maximum Gasteiger partial charge on any atom is 0.321 e. The Morgan fingerprint density at radius 3 is 3.16 bits per heavy atom. The molecule has 2 aromatic heterocycles. The molecular formula is C17H25N5O2S. The molecule has 3 heterocycles. The summed E-state index contributed by atoms with van der Waals surface area (Å²) >= 11 is 1.71. The van der Waals surface area contributed by atoms with Gasteiger partial charge in [0.25, 0.3) is 0 Å². The van der Waals surface area contributed by atoms with Crippen LogP contribution in [0.2, 0.25) is 0 Å². The molecule has 1 N–H and O–H groups in total. The number of carbonyl (C=O) groups is 1. The van der Waals surface area contributed by atoms with Crippen LogP contribution >= 0.6 is 11.3 Å². The first kappa shape index (κ1) is 17.9. The molecular weight excluding hydrogens is 338 g/mol. The first-order valence-corrected chi connectivity index (χ1v) is 9.50. The minimum Gasteiger partial charge on any atom is -0.383 e.